The third-order valence-corrected chi connectivity index (χ3v) is 2.28. The van der Waals surface area contributed by atoms with E-state index in [1.807, 2.05) is 20.8 Å². The third kappa shape index (κ3) is 14.8. The minimum atomic E-state index is -0.768. The molecule has 1 N–H and O–H groups in total. The Balaban J connectivity index is 0. The Kier molecular flexibility index (Phi) is 15.8. The van der Waals surface area contributed by atoms with Gasteiger partial charge in [-0.3, -0.25) is 9.68 Å². The van der Waals surface area contributed by atoms with Gasteiger partial charge >= 0.3 is 11.9 Å². The van der Waals surface area contributed by atoms with E-state index >= 15 is 0 Å². The van der Waals surface area contributed by atoms with Crippen LogP contribution in [0, 0.1) is 5.92 Å². The van der Waals surface area contributed by atoms with Crippen molar-refractivity contribution in [3.63, 3.8) is 0 Å². The molecule has 0 saturated carbocycles. The molecule has 0 aliphatic heterocycles. The molecule has 6 heteroatoms. The summed E-state index contributed by atoms with van der Waals surface area (Å²) in [5.74, 6) is -1.39. The van der Waals surface area contributed by atoms with E-state index in [2.05, 4.69) is 9.78 Å². The number of aliphatic carboxylic acids is 1. The normalized spacial score (nSPS) is 11.2. The van der Waals surface area contributed by atoms with Gasteiger partial charge in [0.1, 0.15) is 0 Å². The van der Waals surface area contributed by atoms with Crippen molar-refractivity contribution in [1.29, 1.82) is 0 Å². The van der Waals surface area contributed by atoms with Crippen LogP contribution in [-0.4, -0.2) is 37.4 Å². The number of carboxylic acid groups (broad SMARTS) is 1. The fourth-order valence-corrected chi connectivity index (χ4v) is 1.08. The lowest BCUT2D eigenvalue weighted by molar-refractivity contribution is -0.255. The maximum absolute atomic E-state index is 10.5. The number of carbonyl (C=O) groups is 2. The highest BCUT2D eigenvalue weighted by Gasteiger charge is 2.13. The van der Waals surface area contributed by atoms with Gasteiger partial charge in [0.05, 0.1) is 19.6 Å². The van der Waals surface area contributed by atoms with Crippen molar-refractivity contribution < 1.29 is 29.2 Å². The van der Waals surface area contributed by atoms with Crippen LogP contribution in [0.15, 0.2) is 0 Å². The van der Waals surface area contributed by atoms with Crippen molar-refractivity contribution in [2.75, 3.05) is 20.3 Å². The molecule has 114 valence electrons. The summed E-state index contributed by atoms with van der Waals surface area (Å²) in [5.41, 5.74) is 0. The molecule has 1 unspecified atom stereocenters. The molecule has 6 nitrogen and oxygen atoms in total. The zero-order chi connectivity index (χ0) is 15.1. The van der Waals surface area contributed by atoms with Crippen LogP contribution in [0.5, 0.6) is 0 Å². The summed E-state index contributed by atoms with van der Waals surface area (Å²) in [7, 11) is 1.32. The highest BCUT2D eigenvalue weighted by atomic mass is 17.2. The molecule has 0 saturated heterocycles. The van der Waals surface area contributed by atoms with E-state index in [-0.39, 0.29) is 11.9 Å². The molecule has 19 heavy (non-hydrogen) atoms. The van der Waals surface area contributed by atoms with E-state index in [4.69, 9.17) is 9.84 Å². The summed E-state index contributed by atoms with van der Waals surface area (Å²) in [6.07, 6.45) is 2.95. The van der Waals surface area contributed by atoms with Gasteiger partial charge in [0.25, 0.3) is 0 Å². The molecule has 0 aromatic rings. The lowest BCUT2D eigenvalue weighted by atomic mass is 10.1. The van der Waals surface area contributed by atoms with Gasteiger partial charge in [-0.1, -0.05) is 20.3 Å². The third-order valence-electron chi connectivity index (χ3n) is 2.28. The standard InChI is InChI=1S/C7H14O3.C6H12O3/c1-3-6(7(8)9)5-10-4-2;1-3-4-5-6(7)9-8-2/h6H,3-5H2,1-2H3,(H,8,9);3-5H2,1-2H3. The van der Waals surface area contributed by atoms with Crippen LogP contribution in [0.4, 0.5) is 0 Å². The van der Waals surface area contributed by atoms with Crippen molar-refractivity contribution in [1.82, 2.24) is 0 Å². The minimum absolute atomic E-state index is 0.292. The summed E-state index contributed by atoms with van der Waals surface area (Å²) in [6.45, 7) is 6.64. The molecular formula is C13H26O6. The molecule has 0 fully saturated rings. The average Bonchev–Trinajstić information content (AvgIpc) is 2.38. The first-order valence-corrected chi connectivity index (χ1v) is 6.57. The zero-order valence-corrected chi connectivity index (χ0v) is 12.3. The van der Waals surface area contributed by atoms with E-state index < -0.39 is 5.97 Å². The summed E-state index contributed by atoms with van der Waals surface area (Å²) in [5, 5.41) is 8.52. The van der Waals surface area contributed by atoms with Crippen LogP contribution in [0.3, 0.4) is 0 Å². The molecule has 0 aliphatic rings. The zero-order valence-electron chi connectivity index (χ0n) is 12.3. The van der Waals surface area contributed by atoms with E-state index in [1.54, 1.807) is 0 Å². The molecule has 0 bridgehead atoms. The number of carbonyl (C=O) groups excluding carboxylic acids is 1. The molecule has 1 atom stereocenters. The monoisotopic (exact) mass is 278 g/mol. The van der Waals surface area contributed by atoms with Crippen LogP contribution in [0.25, 0.3) is 0 Å². The predicted molar refractivity (Wildman–Crippen MR) is 70.5 cm³/mol. The number of unbranched alkanes of at least 4 members (excludes halogenated alkanes) is 1. The largest absolute Gasteiger partial charge is 0.481 e. The van der Waals surface area contributed by atoms with Gasteiger partial charge in [-0.05, 0) is 19.8 Å². The van der Waals surface area contributed by atoms with Crippen LogP contribution >= 0.6 is 0 Å². The Morgan fingerprint density at radius 2 is 1.84 bits per heavy atom. The summed E-state index contributed by atoms with van der Waals surface area (Å²) < 4.78 is 4.97. The molecule has 0 aromatic heterocycles. The number of ether oxygens (including phenoxy) is 1. The second-order valence-electron chi connectivity index (χ2n) is 3.83. The van der Waals surface area contributed by atoms with Crippen molar-refractivity contribution >= 4 is 11.9 Å². The Hall–Kier alpha value is -1.14. The predicted octanol–water partition coefficient (Wildman–Crippen LogP) is 2.41. The van der Waals surface area contributed by atoms with E-state index in [9.17, 15) is 9.59 Å². The highest BCUT2D eigenvalue weighted by molar-refractivity contribution is 5.70. The van der Waals surface area contributed by atoms with Crippen molar-refractivity contribution in [3.8, 4) is 0 Å². The summed E-state index contributed by atoms with van der Waals surface area (Å²) in [6, 6.07) is 0. The van der Waals surface area contributed by atoms with Gasteiger partial charge in [0, 0.05) is 13.0 Å². The Labute approximate surface area is 115 Å². The Morgan fingerprint density at radius 3 is 2.21 bits per heavy atom. The van der Waals surface area contributed by atoms with Crippen molar-refractivity contribution in [2.45, 2.75) is 46.5 Å². The number of hydrogen-bond acceptors (Lipinski definition) is 5. The number of carboxylic acids is 1. The SMILES string of the molecule is CCCCC(=O)OOC.CCOCC(CC)C(=O)O. The van der Waals surface area contributed by atoms with Gasteiger partial charge in [0.2, 0.25) is 0 Å². The van der Waals surface area contributed by atoms with Gasteiger partial charge in [-0.25, -0.2) is 4.79 Å². The molecule has 0 rings (SSSR count). The van der Waals surface area contributed by atoms with Gasteiger partial charge in [-0.2, -0.15) is 4.89 Å². The molecule has 0 heterocycles. The van der Waals surface area contributed by atoms with E-state index in [0.717, 1.165) is 12.8 Å². The molecule has 0 aliphatic carbocycles. The summed E-state index contributed by atoms with van der Waals surface area (Å²) in [4.78, 5) is 29.2. The fourth-order valence-electron chi connectivity index (χ4n) is 1.08. The maximum atomic E-state index is 10.5. The molecule has 0 spiro atoms. The Morgan fingerprint density at radius 1 is 1.21 bits per heavy atom. The molecule has 0 radical (unpaired) electrons. The molecule has 0 aromatic carbocycles. The molecule has 0 amide bonds. The van der Waals surface area contributed by atoms with Crippen molar-refractivity contribution in [2.24, 2.45) is 5.92 Å². The minimum Gasteiger partial charge on any atom is -0.481 e. The maximum Gasteiger partial charge on any atom is 0.342 e. The van der Waals surface area contributed by atoms with E-state index in [0.29, 0.717) is 26.1 Å². The van der Waals surface area contributed by atoms with Gasteiger partial charge < -0.3 is 9.84 Å². The van der Waals surface area contributed by atoms with Crippen LogP contribution < -0.4 is 0 Å². The average molecular weight is 278 g/mol. The quantitative estimate of drug-likeness (QED) is 0.515. The lowest BCUT2D eigenvalue weighted by Crippen LogP contribution is -2.18. The number of rotatable bonds is 9. The summed E-state index contributed by atoms with van der Waals surface area (Å²) >= 11 is 0. The van der Waals surface area contributed by atoms with Gasteiger partial charge in [0.15, 0.2) is 0 Å². The second-order valence-corrected chi connectivity index (χ2v) is 3.83. The van der Waals surface area contributed by atoms with Gasteiger partial charge in [-0.15, -0.1) is 0 Å². The fraction of sp³-hybridized carbons (Fsp3) is 0.846. The van der Waals surface area contributed by atoms with Crippen LogP contribution in [0.2, 0.25) is 0 Å². The Bertz CT molecular complexity index is 229. The first-order valence-electron chi connectivity index (χ1n) is 6.57. The second kappa shape index (κ2) is 14.9. The number of hydrogen-bond donors (Lipinski definition) is 1. The van der Waals surface area contributed by atoms with E-state index in [1.165, 1.54) is 7.11 Å². The van der Waals surface area contributed by atoms with Crippen LogP contribution in [0.1, 0.15) is 46.5 Å². The van der Waals surface area contributed by atoms with Crippen molar-refractivity contribution in [3.05, 3.63) is 0 Å². The highest BCUT2D eigenvalue weighted by Crippen LogP contribution is 2.02. The lowest BCUT2D eigenvalue weighted by Gasteiger charge is -2.07. The first kappa shape index (κ1) is 20.2. The van der Waals surface area contributed by atoms with Crippen LogP contribution in [-0.2, 0) is 24.1 Å². The first-order chi connectivity index (χ1) is 9.03. The smallest absolute Gasteiger partial charge is 0.342 e. The topological polar surface area (TPSA) is 82.1 Å². The molecular weight excluding hydrogens is 252 g/mol.